The van der Waals surface area contributed by atoms with Gasteiger partial charge in [-0.3, -0.25) is 0 Å². The van der Waals surface area contributed by atoms with Gasteiger partial charge < -0.3 is 9.47 Å². The van der Waals surface area contributed by atoms with Gasteiger partial charge >= 0.3 is 0 Å². The SMILES string of the molecule is CC(C)COCC1CCCC1COCC(C)C. The fraction of sp³-hybridized carbons (Fsp3) is 1.00. The lowest BCUT2D eigenvalue weighted by Gasteiger charge is -2.20. The maximum Gasteiger partial charge on any atom is 0.0497 e. The van der Waals surface area contributed by atoms with Crippen molar-refractivity contribution in [3.63, 3.8) is 0 Å². The molecule has 0 amide bonds. The van der Waals surface area contributed by atoms with E-state index in [-0.39, 0.29) is 0 Å². The van der Waals surface area contributed by atoms with Crippen LogP contribution >= 0.6 is 0 Å². The second kappa shape index (κ2) is 8.10. The van der Waals surface area contributed by atoms with Gasteiger partial charge in [-0.1, -0.05) is 34.1 Å². The summed E-state index contributed by atoms with van der Waals surface area (Å²) in [4.78, 5) is 0. The van der Waals surface area contributed by atoms with Crippen LogP contribution in [0.3, 0.4) is 0 Å². The molecule has 0 aromatic heterocycles. The lowest BCUT2D eigenvalue weighted by Crippen LogP contribution is -2.21. The Kier molecular flexibility index (Phi) is 7.14. The van der Waals surface area contributed by atoms with Crippen LogP contribution in [0, 0.1) is 23.7 Å². The minimum absolute atomic E-state index is 0.645. The van der Waals surface area contributed by atoms with E-state index in [1.807, 2.05) is 0 Å². The molecule has 1 rings (SSSR count). The lowest BCUT2D eigenvalue weighted by molar-refractivity contribution is 0.0294. The van der Waals surface area contributed by atoms with Crippen molar-refractivity contribution in [2.24, 2.45) is 23.7 Å². The summed E-state index contributed by atoms with van der Waals surface area (Å²) < 4.78 is 11.6. The third kappa shape index (κ3) is 6.42. The van der Waals surface area contributed by atoms with E-state index >= 15 is 0 Å². The summed E-state index contributed by atoms with van der Waals surface area (Å²) in [6.45, 7) is 12.5. The van der Waals surface area contributed by atoms with Gasteiger partial charge in [-0.25, -0.2) is 0 Å². The van der Waals surface area contributed by atoms with Crippen LogP contribution in [-0.2, 0) is 9.47 Å². The van der Waals surface area contributed by atoms with Gasteiger partial charge in [-0.15, -0.1) is 0 Å². The summed E-state index contributed by atoms with van der Waals surface area (Å²) >= 11 is 0. The van der Waals surface area contributed by atoms with Crippen molar-refractivity contribution >= 4 is 0 Å². The van der Waals surface area contributed by atoms with E-state index in [0.29, 0.717) is 11.8 Å². The second-order valence-corrected chi connectivity index (χ2v) is 6.31. The summed E-state index contributed by atoms with van der Waals surface area (Å²) in [5.41, 5.74) is 0. The van der Waals surface area contributed by atoms with Crippen molar-refractivity contribution in [3.8, 4) is 0 Å². The lowest BCUT2D eigenvalue weighted by atomic mass is 9.98. The average molecular weight is 242 g/mol. The Labute approximate surface area is 107 Å². The molecule has 2 heteroatoms. The van der Waals surface area contributed by atoms with Gasteiger partial charge in [0.2, 0.25) is 0 Å². The van der Waals surface area contributed by atoms with Crippen LogP contribution in [0.5, 0.6) is 0 Å². The largest absolute Gasteiger partial charge is 0.381 e. The first-order valence-electron chi connectivity index (χ1n) is 7.25. The summed E-state index contributed by atoms with van der Waals surface area (Å²) in [6.07, 6.45) is 4.01. The molecule has 2 unspecified atom stereocenters. The molecule has 102 valence electrons. The molecule has 2 nitrogen and oxygen atoms in total. The van der Waals surface area contributed by atoms with Crippen LogP contribution in [0.4, 0.5) is 0 Å². The molecule has 0 saturated heterocycles. The molecule has 0 N–H and O–H groups in total. The van der Waals surface area contributed by atoms with E-state index in [0.717, 1.165) is 38.3 Å². The van der Waals surface area contributed by atoms with Gasteiger partial charge in [0.1, 0.15) is 0 Å². The highest BCUT2D eigenvalue weighted by Gasteiger charge is 2.27. The molecular formula is C15H30O2. The predicted molar refractivity (Wildman–Crippen MR) is 72.1 cm³/mol. The normalized spacial score (nSPS) is 25.1. The van der Waals surface area contributed by atoms with Crippen molar-refractivity contribution in [1.29, 1.82) is 0 Å². The molecular weight excluding hydrogens is 212 g/mol. The van der Waals surface area contributed by atoms with Crippen molar-refractivity contribution < 1.29 is 9.47 Å². The number of hydrogen-bond donors (Lipinski definition) is 0. The Morgan fingerprint density at radius 2 is 1.24 bits per heavy atom. The molecule has 1 saturated carbocycles. The van der Waals surface area contributed by atoms with E-state index in [1.165, 1.54) is 19.3 Å². The molecule has 0 heterocycles. The third-order valence-electron chi connectivity index (χ3n) is 3.38. The van der Waals surface area contributed by atoms with Gasteiger partial charge in [0, 0.05) is 26.4 Å². The minimum Gasteiger partial charge on any atom is -0.381 e. The fourth-order valence-corrected chi connectivity index (χ4v) is 2.46. The highest BCUT2D eigenvalue weighted by atomic mass is 16.5. The Morgan fingerprint density at radius 1 is 0.824 bits per heavy atom. The van der Waals surface area contributed by atoms with E-state index in [4.69, 9.17) is 9.47 Å². The minimum atomic E-state index is 0.645. The third-order valence-corrected chi connectivity index (χ3v) is 3.38. The molecule has 1 fully saturated rings. The zero-order valence-electron chi connectivity index (χ0n) is 12.1. The average Bonchev–Trinajstić information content (AvgIpc) is 2.65. The van der Waals surface area contributed by atoms with Crippen LogP contribution < -0.4 is 0 Å². The molecule has 1 aliphatic rings. The van der Waals surface area contributed by atoms with Crippen LogP contribution in [0.2, 0.25) is 0 Å². The maximum absolute atomic E-state index is 5.78. The quantitative estimate of drug-likeness (QED) is 0.645. The monoisotopic (exact) mass is 242 g/mol. The van der Waals surface area contributed by atoms with Crippen molar-refractivity contribution in [2.45, 2.75) is 47.0 Å². The highest BCUT2D eigenvalue weighted by molar-refractivity contribution is 4.77. The van der Waals surface area contributed by atoms with Crippen molar-refractivity contribution in [2.75, 3.05) is 26.4 Å². The highest BCUT2D eigenvalue weighted by Crippen LogP contribution is 2.32. The zero-order valence-corrected chi connectivity index (χ0v) is 12.1. The van der Waals surface area contributed by atoms with E-state index in [2.05, 4.69) is 27.7 Å². The van der Waals surface area contributed by atoms with Crippen molar-refractivity contribution in [1.82, 2.24) is 0 Å². The molecule has 0 aromatic carbocycles. The van der Waals surface area contributed by atoms with Gasteiger partial charge in [-0.2, -0.15) is 0 Å². The number of ether oxygens (including phenoxy) is 2. The molecule has 0 radical (unpaired) electrons. The fourth-order valence-electron chi connectivity index (χ4n) is 2.46. The molecule has 0 aromatic rings. The molecule has 0 spiro atoms. The van der Waals surface area contributed by atoms with Crippen LogP contribution in [0.15, 0.2) is 0 Å². The van der Waals surface area contributed by atoms with E-state index in [9.17, 15) is 0 Å². The standard InChI is InChI=1S/C15H30O2/c1-12(2)8-16-10-14-6-5-7-15(14)11-17-9-13(3)4/h12-15H,5-11H2,1-4H3. The van der Waals surface area contributed by atoms with Crippen LogP contribution in [-0.4, -0.2) is 26.4 Å². The van der Waals surface area contributed by atoms with Crippen molar-refractivity contribution in [3.05, 3.63) is 0 Å². The first-order valence-corrected chi connectivity index (χ1v) is 7.25. The summed E-state index contributed by atoms with van der Waals surface area (Å²) in [5.74, 6) is 2.76. The second-order valence-electron chi connectivity index (χ2n) is 6.31. The first kappa shape index (κ1) is 15.0. The summed E-state index contributed by atoms with van der Waals surface area (Å²) in [6, 6.07) is 0. The first-order chi connectivity index (χ1) is 8.09. The molecule has 2 atom stereocenters. The topological polar surface area (TPSA) is 18.5 Å². The maximum atomic E-state index is 5.78. The smallest absolute Gasteiger partial charge is 0.0497 e. The molecule has 0 bridgehead atoms. The zero-order chi connectivity index (χ0) is 12.7. The number of hydrogen-bond acceptors (Lipinski definition) is 2. The van der Waals surface area contributed by atoms with E-state index < -0.39 is 0 Å². The molecule has 17 heavy (non-hydrogen) atoms. The Balaban J connectivity index is 2.14. The van der Waals surface area contributed by atoms with Crippen LogP contribution in [0.25, 0.3) is 0 Å². The Morgan fingerprint density at radius 3 is 1.59 bits per heavy atom. The van der Waals surface area contributed by atoms with Gasteiger partial charge in [0.25, 0.3) is 0 Å². The number of rotatable bonds is 8. The Hall–Kier alpha value is -0.0800. The predicted octanol–water partition coefficient (Wildman–Crippen LogP) is 3.75. The van der Waals surface area contributed by atoms with Gasteiger partial charge in [0.15, 0.2) is 0 Å². The van der Waals surface area contributed by atoms with E-state index in [1.54, 1.807) is 0 Å². The summed E-state index contributed by atoms with van der Waals surface area (Å²) in [7, 11) is 0. The molecule has 1 aliphatic carbocycles. The van der Waals surface area contributed by atoms with Crippen LogP contribution in [0.1, 0.15) is 47.0 Å². The Bertz CT molecular complexity index is 169. The summed E-state index contributed by atoms with van der Waals surface area (Å²) in [5, 5.41) is 0. The van der Waals surface area contributed by atoms with Gasteiger partial charge in [-0.05, 0) is 36.5 Å². The van der Waals surface area contributed by atoms with Gasteiger partial charge in [0.05, 0.1) is 0 Å². The molecule has 0 aliphatic heterocycles.